The van der Waals surface area contributed by atoms with Gasteiger partial charge in [0.2, 0.25) is 5.28 Å². The molecule has 19 heavy (non-hydrogen) atoms. The van der Waals surface area contributed by atoms with Gasteiger partial charge in [-0.3, -0.25) is 0 Å². The number of hydrogen-bond acceptors (Lipinski definition) is 4. The molecule has 0 atom stereocenters. The van der Waals surface area contributed by atoms with Gasteiger partial charge in [0.15, 0.2) is 11.5 Å². The topological polar surface area (TPSA) is 57.7 Å². The Labute approximate surface area is 117 Å². The van der Waals surface area contributed by atoms with E-state index in [9.17, 15) is 0 Å². The van der Waals surface area contributed by atoms with Crippen molar-refractivity contribution >= 4 is 28.6 Å². The summed E-state index contributed by atoms with van der Waals surface area (Å²) in [5.74, 6) is 0.880. The fourth-order valence-corrected chi connectivity index (χ4v) is 2.79. The predicted molar refractivity (Wildman–Crippen MR) is 76.5 cm³/mol. The Hall–Kier alpha value is -1.36. The van der Waals surface area contributed by atoms with Crippen molar-refractivity contribution in [3.8, 4) is 0 Å². The van der Waals surface area contributed by atoms with E-state index in [2.05, 4.69) is 38.7 Å². The molecule has 0 aliphatic carbocycles. The Morgan fingerprint density at radius 2 is 2.11 bits per heavy atom. The summed E-state index contributed by atoms with van der Waals surface area (Å²) >= 11 is 5.98. The number of nitrogens with zero attached hydrogens (tertiary/aromatic N) is 4. The van der Waals surface area contributed by atoms with Gasteiger partial charge in [-0.15, -0.1) is 0 Å². The molecule has 3 heterocycles. The van der Waals surface area contributed by atoms with Crippen molar-refractivity contribution in [2.45, 2.75) is 33.1 Å². The smallest absolute Gasteiger partial charge is 0.226 e. The van der Waals surface area contributed by atoms with Gasteiger partial charge in [0.1, 0.15) is 5.52 Å². The van der Waals surface area contributed by atoms with Gasteiger partial charge in [0, 0.05) is 13.1 Å². The summed E-state index contributed by atoms with van der Waals surface area (Å²) in [6, 6.07) is 0. The van der Waals surface area contributed by atoms with Crippen molar-refractivity contribution in [1.82, 2.24) is 19.9 Å². The molecule has 6 heteroatoms. The quantitative estimate of drug-likeness (QED) is 0.859. The first-order chi connectivity index (χ1) is 9.11. The highest BCUT2D eigenvalue weighted by Gasteiger charge is 2.29. The number of hydrogen-bond donors (Lipinski definition) is 1. The predicted octanol–water partition coefficient (Wildman–Crippen LogP) is 3.02. The number of halogens is 1. The normalized spacial score (nSPS) is 19.0. The SMILES string of the molecule is CCC1(C)CCN(c2nc(Cl)nc3nc[nH]c23)CC1. The van der Waals surface area contributed by atoms with Crippen molar-refractivity contribution in [1.29, 1.82) is 0 Å². The number of aromatic nitrogens is 4. The second-order valence-corrected chi connectivity index (χ2v) is 5.91. The number of imidazole rings is 1. The van der Waals surface area contributed by atoms with E-state index >= 15 is 0 Å². The standard InChI is InChI=1S/C13H18ClN5/c1-3-13(2)4-6-19(7-5-13)11-9-10(16-8-15-9)17-12(14)18-11/h8H,3-7H2,1-2H3,(H,15,16,17,18). The largest absolute Gasteiger partial charge is 0.355 e. The zero-order valence-corrected chi connectivity index (χ0v) is 12.0. The first-order valence-corrected chi connectivity index (χ1v) is 7.11. The second-order valence-electron chi connectivity index (χ2n) is 5.57. The molecular weight excluding hydrogens is 262 g/mol. The highest BCUT2D eigenvalue weighted by atomic mass is 35.5. The van der Waals surface area contributed by atoms with Crippen LogP contribution in [0.3, 0.4) is 0 Å². The molecule has 1 aliphatic rings. The van der Waals surface area contributed by atoms with Gasteiger partial charge >= 0.3 is 0 Å². The molecule has 0 bridgehead atoms. The van der Waals surface area contributed by atoms with Crippen LogP contribution in [0, 0.1) is 5.41 Å². The number of piperidine rings is 1. The number of rotatable bonds is 2. The van der Waals surface area contributed by atoms with Gasteiger partial charge in [-0.25, -0.2) is 4.98 Å². The third-order valence-electron chi connectivity index (χ3n) is 4.36. The lowest BCUT2D eigenvalue weighted by Crippen LogP contribution is -2.39. The van der Waals surface area contributed by atoms with Crippen LogP contribution >= 0.6 is 11.6 Å². The molecule has 5 nitrogen and oxygen atoms in total. The molecule has 0 amide bonds. The Kier molecular flexibility index (Phi) is 3.09. The number of aromatic amines is 1. The minimum atomic E-state index is 0.262. The minimum Gasteiger partial charge on any atom is -0.355 e. The van der Waals surface area contributed by atoms with Crippen molar-refractivity contribution in [2.75, 3.05) is 18.0 Å². The molecule has 0 saturated carbocycles. The van der Waals surface area contributed by atoms with Crippen molar-refractivity contribution in [3.63, 3.8) is 0 Å². The maximum atomic E-state index is 5.98. The summed E-state index contributed by atoms with van der Waals surface area (Å²) in [6.45, 7) is 6.64. The van der Waals surface area contributed by atoms with Crippen LogP contribution < -0.4 is 4.90 Å². The lowest BCUT2D eigenvalue weighted by Gasteiger charge is -2.39. The average Bonchev–Trinajstić information content (AvgIpc) is 2.87. The van der Waals surface area contributed by atoms with E-state index in [0.717, 1.165) is 24.4 Å². The first kappa shape index (κ1) is 12.7. The molecule has 1 aliphatic heterocycles. The van der Waals surface area contributed by atoms with Gasteiger partial charge < -0.3 is 9.88 Å². The zero-order chi connectivity index (χ0) is 13.5. The van der Waals surface area contributed by atoms with E-state index in [4.69, 9.17) is 11.6 Å². The van der Waals surface area contributed by atoms with Gasteiger partial charge in [-0.05, 0) is 29.9 Å². The highest BCUT2D eigenvalue weighted by molar-refractivity contribution is 6.28. The van der Waals surface area contributed by atoms with Gasteiger partial charge in [-0.2, -0.15) is 9.97 Å². The fraction of sp³-hybridized carbons (Fsp3) is 0.615. The molecular formula is C13H18ClN5. The van der Waals surface area contributed by atoms with Crippen LogP contribution in [0.15, 0.2) is 6.33 Å². The molecule has 0 spiro atoms. The van der Waals surface area contributed by atoms with Crippen LogP contribution in [0.2, 0.25) is 5.28 Å². The zero-order valence-electron chi connectivity index (χ0n) is 11.3. The molecule has 1 saturated heterocycles. The monoisotopic (exact) mass is 279 g/mol. The van der Waals surface area contributed by atoms with Crippen LogP contribution in [0.1, 0.15) is 33.1 Å². The lowest BCUT2D eigenvalue weighted by atomic mass is 9.78. The van der Waals surface area contributed by atoms with Crippen LogP contribution in [0.5, 0.6) is 0 Å². The molecule has 0 radical (unpaired) electrons. The van der Waals surface area contributed by atoms with Crippen molar-refractivity contribution in [3.05, 3.63) is 11.6 Å². The van der Waals surface area contributed by atoms with E-state index < -0.39 is 0 Å². The minimum absolute atomic E-state index is 0.262. The number of anilines is 1. The highest BCUT2D eigenvalue weighted by Crippen LogP contribution is 2.36. The van der Waals surface area contributed by atoms with Crippen LogP contribution in [-0.4, -0.2) is 33.0 Å². The van der Waals surface area contributed by atoms with E-state index in [1.54, 1.807) is 6.33 Å². The Bertz CT molecular complexity index is 586. The molecule has 1 N–H and O–H groups in total. The molecule has 3 rings (SSSR count). The average molecular weight is 280 g/mol. The molecule has 1 fully saturated rings. The van der Waals surface area contributed by atoms with Crippen molar-refractivity contribution < 1.29 is 0 Å². The molecule has 2 aromatic heterocycles. The van der Waals surface area contributed by atoms with E-state index in [1.807, 2.05) is 0 Å². The number of H-pyrrole nitrogens is 1. The second kappa shape index (κ2) is 4.63. The van der Waals surface area contributed by atoms with E-state index in [0.29, 0.717) is 11.1 Å². The first-order valence-electron chi connectivity index (χ1n) is 6.73. The van der Waals surface area contributed by atoms with Gasteiger partial charge in [0.25, 0.3) is 0 Å². The third-order valence-corrected chi connectivity index (χ3v) is 4.53. The fourth-order valence-electron chi connectivity index (χ4n) is 2.63. The summed E-state index contributed by atoms with van der Waals surface area (Å²) < 4.78 is 0. The van der Waals surface area contributed by atoms with E-state index in [-0.39, 0.29) is 5.28 Å². The summed E-state index contributed by atoms with van der Waals surface area (Å²) in [4.78, 5) is 18.1. The summed E-state index contributed by atoms with van der Waals surface area (Å²) in [7, 11) is 0. The maximum absolute atomic E-state index is 5.98. The number of nitrogens with one attached hydrogen (secondary N) is 1. The molecule has 2 aromatic rings. The van der Waals surface area contributed by atoms with Gasteiger partial charge in [0.05, 0.1) is 6.33 Å². The summed E-state index contributed by atoms with van der Waals surface area (Å²) in [5.41, 5.74) is 1.98. The third kappa shape index (κ3) is 2.27. The van der Waals surface area contributed by atoms with E-state index in [1.165, 1.54) is 19.3 Å². The Morgan fingerprint density at radius 1 is 1.37 bits per heavy atom. The van der Waals surface area contributed by atoms with Crippen molar-refractivity contribution in [2.24, 2.45) is 5.41 Å². The van der Waals surface area contributed by atoms with Crippen LogP contribution in [0.4, 0.5) is 5.82 Å². The van der Waals surface area contributed by atoms with Crippen LogP contribution in [-0.2, 0) is 0 Å². The summed E-state index contributed by atoms with van der Waals surface area (Å²) in [6.07, 6.45) is 5.23. The number of fused-ring (bicyclic) bond motifs is 1. The Morgan fingerprint density at radius 3 is 2.79 bits per heavy atom. The maximum Gasteiger partial charge on any atom is 0.226 e. The summed E-state index contributed by atoms with van der Waals surface area (Å²) in [5, 5.41) is 0.262. The van der Waals surface area contributed by atoms with Crippen LogP contribution in [0.25, 0.3) is 11.2 Å². The lowest BCUT2D eigenvalue weighted by molar-refractivity contribution is 0.238. The Balaban J connectivity index is 1.91. The molecule has 0 aromatic carbocycles. The molecule has 0 unspecified atom stereocenters. The molecule has 102 valence electrons. The van der Waals surface area contributed by atoms with Gasteiger partial charge in [-0.1, -0.05) is 20.3 Å².